The third-order valence-electron chi connectivity index (χ3n) is 7.34. The number of thiocarbonyl (C=S) groups is 6. The van der Waals surface area contributed by atoms with Crippen LogP contribution in [0.25, 0.3) is 0 Å². The van der Waals surface area contributed by atoms with Crippen LogP contribution in [0.1, 0.15) is 22.3 Å². The molecule has 4 nitrogen and oxygen atoms in total. The molecule has 2 saturated heterocycles. The molecule has 0 saturated carbocycles. The summed E-state index contributed by atoms with van der Waals surface area (Å²) in [7, 11) is 0. The second-order valence-electron chi connectivity index (χ2n) is 10.7. The minimum absolute atomic E-state index is 0. The van der Waals surface area contributed by atoms with Gasteiger partial charge in [-0.15, -0.1) is 0 Å². The van der Waals surface area contributed by atoms with E-state index in [-0.39, 0.29) is 48.1 Å². The number of alkyl halides is 6. The minimum atomic E-state index is -4.44. The molecule has 2 fully saturated rings. The number of rotatable bonds is 6. The maximum absolute atomic E-state index is 13.0. The first-order valence-electron chi connectivity index (χ1n) is 14.4. The second-order valence-corrected chi connectivity index (χ2v) is 13.0. The summed E-state index contributed by atoms with van der Waals surface area (Å²) in [5.41, 5.74) is 0.929. The van der Waals surface area contributed by atoms with E-state index in [1.54, 1.807) is 9.80 Å². The molecule has 0 N–H and O–H groups in total. The number of anilines is 2. The van der Waals surface area contributed by atoms with Crippen molar-refractivity contribution in [3.8, 4) is 0 Å². The average Bonchev–Trinajstić information content (AvgIpc) is 3.43. The molecule has 0 unspecified atom stereocenters. The van der Waals surface area contributed by atoms with Crippen LogP contribution in [0.3, 0.4) is 0 Å². The summed E-state index contributed by atoms with van der Waals surface area (Å²) >= 11 is 32.2. The SMILES string of the molecule is FC(F)(F)c1cccc(N2C(=S)C(=S)N(Cc3ccccc3)C2=S)c1.FC(F)(F)c1cccc(N2C(=S)C(=S)N(Cc3ccccc3)C2=S)c1.[Ni]. The van der Waals surface area contributed by atoms with Gasteiger partial charge in [-0.1, -0.05) is 122 Å². The Morgan fingerprint density at radius 1 is 0.431 bits per heavy atom. The van der Waals surface area contributed by atoms with Crippen molar-refractivity contribution >= 4 is 115 Å². The molecule has 0 radical (unpaired) electrons. The monoisotopic (exact) mass is 850 g/mol. The van der Waals surface area contributed by atoms with Crippen molar-refractivity contribution in [1.82, 2.24) is 9.80 Å². The van der Waals surface area contributed by atoms with E-state index in [0.29, 0.717) is 23.1 Å². The summed E-state index contributed by atoms with van der Waals surface area (Å²) in [5, 5.41) is 0.552. The molecule has 17 heteroatoms. The van der Waals surface area contributed by atoms with Crippen LogP contribution in [0, 0.1) is 0 Å². The van der Waals surface area contributed by atoms with E-state index in [2.05, 4.69) is 0 Å². The maximum atomic E-state index is 13.0. The minimum Gasteiger partial charge on any atom is -0.302 e. The molecule has 0 spiro atoms. The van der Waals surface area contributed by atoms with Crippen molar-refractivity contribution in [3.05, 3.63) is 131 Å². The van der Waals surface area contributed by atoms with Crippen LogP contribution in [0.15, 0.2) is 109 Å². The molecule has 51 heavy (non-hydrogen) atoms. The van der Waals surface area contributed by atoms with Crippen LogP contribution in [0.5, 0.6) is 0 Å². The predicted octanol–water partition coefficient (Wildman–Crippen LogP) is 9.93. The van der Waals surface area contributed by atoms with Crippen LogP contribution in [-0.4, -0.2) is 40.0 Å². The molecular formula is C34H22F6N4NiS6. The number of hydrogen-bond donors (Lipinski definition) is 0. The van der Waals surface area contributed by atoms with Crippen LogP contribution in [0.2, 0.25) is 0 Å². The molecule has 2 aliphatic heterocycles. The molecule has 0 atom stereocenters. The zero-order valence-corrected chi connectivity index (χ0v) is 31.5. The van der Waals surface area contributed by atoms with E-state index in [0.717, 1.165) is 35.4 Å². The van der Waals surface area contributed by atoms with Gasteiger partial charge in [-0.2, -0.15) is 26.3 Å². The van der Waals surface area contributed by atoms with Crippen molar-refractivity contribution in [2.75, 3.05) is 9.80 Å². The van der Waals surface area contributed by atoms with Crippen LogP contribution < -0.4 is 9.80 Å². The van der Waals surface area contributed by atoms with Crippen molar-refractivity contribution in [2.45, 2.75) is 25.4 Å². The van der Waals surface area contributed by atoms with Gasteiger partial charge < -0.3 is 9.80 Å². The summed E-state index contributed by atoms with van der Waals surface area (Å²) in [6.07, 6.45) is -8.88. The predicted molar refractivity (Wildman–Crippen MR) is 207 cm³/mol. The zero-order valence-electron chi connectivity index (χ0n) is 25.6. The Balaban J connectivity index is 0.000000224. The molecule has 266 valence electrons. The van der Waals surface area contributed by atoms with E-state index in [4.69, 9.17) is 73.3 Å². The van der Waals surface area contributed by atoms with Gasteiger partial charge in [0.25, 0.3) is 0 Å². The van der Waals surface area contributed by atoms with Crippen molar-refractivity contribution in [3.63, 3.8) is 0 Å². The number of nitrogens with zero attached hydrogens (tertiary/aromatic N) is 4. The van der Waals surface area contributed by atoms with E-state index in [1.807, 2.05) is 60.7 Å². The zero-order chi connectivity index (χ0) is 36.4. The Hall–Kier alpha value is -3.31. The molecule has 6 rings (SSSR count). The Morgan fingerprint density at radius 2 is 0.765 bits per heavy atom. The molecule has 2 aliphatic rings. The van der Waals surface area contributed by atoms with Gasteiger partial charge >= 0.3 is 12.4 Å². The Labute approximate surface area is 331 Å². The third-order valence-corrected chi connectivity index (χ3v) is 9.98. The van der Waals surface area contributed by atoms with Gasteiger partial charge in [-0.25, -0.2) is 0 Å². The van der Waals surface area contributed by atoms with Gasteiger partial charge in [0.05, 0.1) is 24.2 Å². The largest absolute Gasteiger partial charge is 0.416 e. The van der Waals surface area contributed by atoms with E-state index < -0.39 is 23.5 Å². The van der Waals surface area contributed by atoms with Gasteiger partial charge in [0.1, 0.15) is 20.0 Å². The van der Waals surface area contributed by atoms with E-state index in [1.165, 1.54) is 34.1 Å². The van der Waals surface area contributed by atoms with Crippen LogP contribution >= 0.6 is 73.3 Å². The van der Waals surface area contributed by atoms with Crippen molar-refractivity contribution in [2.24, 2.45) is 0 Å². The number of halogens is 6. The fourth-order valence-electron chi connectivity index (χ4n) is 4.92. The summed E-state index contributed by atoms with van der Waals surface area (Å²) < 4.78 is 77.8. The fourth-order valence-corrected chi connectivity index (χ4v) is 6.94. The van der Waals surface area contributed by atoms with Gasteiger partial charge in [-0.3, -0.25) is 9.80 Å². The van der Waals surface area contributed by atoms with E-state index >= 15 is 0 Å². The smallest absolute Gasteiger partial charge is 0.302 e. The average molecular weight is 852 g/mol. The normalized spacial score (nSPS) is 14.9. The molecule has 0 amide bonds. The summed E-state index contributed by atoms with van der Waals surface area (Å²) in [6, 6.07) is 28.8. The Morgan fingerprint density at radius 3 is 1.08 bits per heavy atom. The van der Waals surface area contributed by atoms with Crippen LogP contribution in [0.4, 0.5) is 37.7 Å². The number of hydrogen-bond acceptors (Lipinski definition) is 6. The van der Waals surface area contributed by atoms with Crippen molar-refractivity contribution < 1.29 is 42.8 Å². The summed E-state index contributed by atoms with van der Waals surface area (Å²) in [5.74, 6) is 0. The third kappa shape index (κ3) is 9.20. The molecule has 2 heterocycles. The topological polar surface area (TPSA) is 13.0 Å². The first-order valence-corrected chi connectivity index (χ1v) is 16.8. The van der Waals surface area contributed by atoms with Gasteiger partial charge in [0.2, 0.25) is 0 Å². The van der Waals surface area contributed by atoms with Gasteiger partial charge in [0.15, 0.2) is 10.2 Å². The summed E-state index contributed by atoms with van der Waals surface area (Å²) in [6.45, 7) is 0.822. The van der Waals surface area contributed by atoms with Gasteiger partial charge in [-0.05, 0) is 72.0 Å². The number of benzene rings is 4. The standard InChI is InChI=1S/2C17H11F3N2S3.Ni/c2*18-17(19,20)12-7-4-8-13(9-12)22-15(24)14(23)21(16(22)25)10-11-5-2-1-3-6-11;/h2*1-9H,10H2;. The molecule has 4 aromatic carbocycles. The molecule has 0 aliphatic carbocycles. The Kier molecular flexibility index (Phi) is 13.2. The van der Waals surface area contributed by atoms with E-state index in [9.17, 15) is 26.3 Å². The molecule has 0 bridgehead atoms. The first kappa shape index (κ1) is 40.5. The quantitative estimate of drug-likeness (QED) is 0.105. The molecular weight excluding hydrogens is 829 g/mol. The summed E-state index contributed by atoms with van der Waals surface area (Å²) in [4.78, 5) is 7.26. The first-order chi connectivity index (χ1) is 23.6. The molecule has 0 aromatic heterocycles. The second kappa shape index (κ2) is 16.6. The van der Waals surface area contributed by atoms with Crippen LogP contribution in [-0.2, 0) is 41.9 Å². The van der Waals surface area contributed by atoms with Gasteiger partial charge in [0, 0.05) is 27.9 Å². The maximum Gasteiger partial charge on any atom is 0.416 e. The molecule has 4 aromatic rings. The Bertz CT molecular complexity index is 1850. The van der Waals surface area contributed by atoms with Crippen molar-refractivity contribution in [1.29, 1.82) is 0 Å². The fraction of sp³-hybridized carbons (Fsp3) is 0.118.